The first-order chi connectivity index (χ1) is 9.57. The molecule has 1 heterocycles. The summed E-state index contributed by atoms with van der Waals surface area (Å²) in [4.78, 5) is 12.2. The Morgan fingerprint density at radius 2 is 1.80 bits per heavy atom. The molecule has 1 unspecified atom stereocenters. The Bertz CT molecular complexity index is 554. The van der Waals surface area contributed by atoms with Crippen LogP contribution in [0, 0.1) is 17.8 Å². The predicted octanol–water partition coefficient (Wildman–Crippen LogP) is 2.26. The first-order valence-corrected chi connectivity index (χ1v) is 7.91. The van der Waals surface area contributed by atoms with Crippen LogP contribution in [0.2, 0.25) is 0 Å². The smallest absolute Gasteiger partial charge is 0.269 e. The van der Waals surface area contributed by atoms with Crippen molar-refractivity contribution in [3.8, 4) is 0 Å². The molecule has 0 aromatic carbocycles. The van der Waals surface area contributed by atoms with Crippen LogP contribution >= 0.6 is 0 Å². The van der Waals surface area contributed by atoms with Gasteiger partial charge in [0.15, 0.2) is 0 Å². The molecule has 4 bridgehead atoms. The van der Waals surface area contributed by atoms with Crippen LogP contribution in [0.5, 0.6) is 0 Å². The molecule has 0 amide bonds. The second-order valence-electron chi connectivity index (χ2n) is 7.51. The zero-order valence-corrected chi connectivity index (χ0v) is 12.1. The summed E-state index contributed by atoms with van der Waals surface area (Å²) < 4.78 is 0. The number of nitrogens with two attached hydrogens (primary N) is 1. The van der Waals surface area contributed by atoms with Gasteiger partial charge in [-0.15, -0.1) is 0 Å². The van der Waals surface area contributed by atoms with Gasteiger partial charge in [0, 0.05) is 11.6 Å². The topological polar surface area (TPSA) is 71.8 Å². The largest absolute Gasteiger partial charge is 0.324 e. The number of aromatic nitrogens is 2. The molecule has 0 radical (unpaired) electrons. The van der Waals surface area contributed by atoms with Crippen LogP contribution in [-0.2, 0) is 5.41 Å². The summed E-state index contributed by atoms with van der Waals surface area (Å²) >= 11 is 0. The van der Waals surface area contributed by atoms with E-state index in [0.29, 0.717) is 0 Å². The average molecular weight is 273 g/mol. The molecule has 4 saturated carbocycles. The van der Waals surface area contributed by atoms with E-state index in [4.69, 9.17) is 5.73 Å². The number of aromatic amines is 1. The molecular formula is C16H23N3O. The fourth-order valence-electron chi connectivity index (χ4n) is 5.72. The minimum atomic E-state index is -0.218. The van der Waals surface area contributed by atoms with Gasteiger partial charge in [-0.25, -0.2) is 5.10 Å². The van der Waals surface area contributed by atoms with E-state index >= 15 is 0 Å². The molecule has 0 aliphatic heterocycles. The van der Waals surface area contributed by atoms with Crippen molar-refractivity contribution in [2.45, 2.75) is 56.9 Å². The van der Waals surface area contributed by atoms with E-state index in [-0.39, 0.29) is 17.0 Å². The molecule has 0 saturated heterocycles. The van der Waals surface area contributed by atoms with Crippen LogP contribution in [-0.4, -0.2) is 10.2 Å². The highest BCUT2D eigenvalue weighted by Gasteiger charge is 2.52. The maximum Gasteiger partial charge on any atom is 0.269 e. The summed E-state index contributed by atoms with van der Waals surface area (Å²) in [5.74, 6) is 2.59. The summed E-state index contributed by atoms with van der Waals surface area (Å²) in [6, 6.07) is -0.218. The first-order valence-electron chi connectivity index (χ1n) is 7.91. The van der Waals surface area contributed by atoms with E-state index in [1.165, 1.54) is 38.5 Å². The predicted molar refractivity (Wildman–Crippen MR) is 77.3 cm³/mol. The number of nitrogens with one attached hydrogen (secondary N) is 1. The lowest BCUT2D eigenvalue weighted by Gasteiger charge is -2.57. The van der Waals surface area contributed by atoms with E-state index in [0.717, 1.165) is 28.9 Å². The lowest BCUT2D eigenvalue weighted by atomic mass is 9.47. The van der Waals surface area contributed by atoms with Crippen LogP contribution in [0.4, 0.5) is 0 Å². The SMILES string of the molecule is CC(N)c1c(C23CC4CC(CC(C4)C2)C3)cn[nH]c1=O. The van der Waals surface area contributed by atoms with Gasteiger partial charge in [-0.1, -0.05) is 0 Å². The maximum atomic E-state index is 12.2. The summed E-state index contributed by atoms with van der Waals surface area (Å²) in [5.41, 5.74) is 8.13. The molecule has 3 N–H and O–H groups in total. The van der Waals surface area contributed by atoms with Crippen molar-refractivity contribution >= 4 is 0 Å². The normalized spacial score (nSPS) is 40.0. The Balaban J connectivity index is 1.85. The Hall–Kier alpha value is -1.16. The van der Waals surface area contributed by atoms with Gasteiger partial charge in [0.2, 0.25) is 0 Å². The van der Waals surface area contributed by atoms with Crippen molar-refractivity contribution in [2.75, 3.05) is 0 Å². The summed E-state index contributed by atoms with van der Waals surface area (Å²) in [6.45, 7) is 1.91. The standard InChI is InChI=1S/C16H23N3O/c1-9(17)14-13(8-18-19-15(14)20)16-5-10-2-11(6-16)4-12(3-10)7-16/h8-12H,2-7,17H2,1H3,(H,19,20). The Morgan fingerprint density at radius 3 is 2.30 bits per heavy atom. The fraction of sp³-hybridized carbons (Fsp3) is 0.750. The van der Waals surface area contributed by atoms with E-state index in [1.807, 2.05) is 13.1 Å². The second kappa shape index (κ2) is 4.17. The Morgan fingerprint density at radius 1 is 1.25 bits per heavy atom. The molecule has 4 fully saturated rings. The zero-order valence-electron chi connectivity index (χ0n) is 12.1. The molecule has 108 valence electrons. The van der Waals surface area contributed by atoms with Gasteiger partial charge in [-0.3, -0.25) is 4.79 Å². The summed E-state index contributed by atoms with van der Waals surface area (Å²) in [6.07, 6.45) is 9.83. The Labute approximate surface area is 119 Å². The number of H-pyrrole nitrogens is 1. The lowest BCUT2D eigenvalue weighted by molar-refractivity contribution is -0.00599. The second-order valence-corrected chi connectivity index (χ2v) is 7.51. The van der Waals surface area contributed by atoms with Crippen molar-refractivity contribution in [2.24, 2.45) is 23.5 Å². The molecular weight excluding hydrogens is 250 g/mol. The maximum absolute atomic E-state index is 12.2. The third-order valence-electron chi connectivity index (χ3n) is 5.96. The molecule has 4 nitrogen and oxygen atoms in total. The molecule has 4 heteroatoms. The third kappa shape index (κ3) is 1.70. The zero-order chi connectivity index (χ0) is 13.9. The van der Waals surface area contributed by atoms with Gasteiger partial charge < -0.3 is 5.73 Å². The van der Waals surface area contributed by atoms with E-state index < -0.39 is 0 Å². The van der Waals surface area contributed by atoms with Crippen molar-refractivity contribution in [1.29, 1.82) is 0 Å². The van der Waals surface area contributed by atoms with Crippen molar-refractivity contribution in [1.82, 2.24) is 10.2 Å². The highest BCUT2D eigenvalue weighted by atomic mass is 16.1. The number of rotatable bonds is 2. The summed E-state index contributed by atoms with van der Waals surface area (Å²) in [7, 11) is 0. The average Bonchev–Trinajstić information content (AvgIpc) is 2.36. The highest BCUT2D eigenvalue weighted by Crippen LogP contribution is 2.61. The molecule has 20 heavy (non-hydrogen) atoms. The quantitative estimate of drug-likeness (QED) is 0.868. The van der Waals surface area contributed by atoms with Crippen molar-refractivity contribution in [3.63, 3.8) is 0 Å². The van der Waals surface area contributed by atoms with Gasteiger partial charge in [0.05, 0.1) is 6.20 Å². The molecule has 1 aromatic rings. The third-order valence-corrected chi connectivity index (χ3v) is 5.96. The fourth-order valence-corrected chi connectivity index (χ4v) is 5.72. The monoisotopic (exact) mass is 273 g/mol. The van der Waals surface area contributed by atoms with Crippen molar-refractivity contribution < 1.29 is 0 Å². The van der Waals surface area contributed by atoms with E-state index in [1.54, 1.807) is 0 Å². The van der Waals surface area contributed by atoms with Gasteiger partial charge in [-0.05, 0) is 74.2 Å². The van der Waals surface area contributed by atoms with Crippen molar-refractivity contribution in [3.05, 3.63) is 27.7 Å². The van der Waals surface area contributed by atoms with E-state index in [9.17, 15) is 4.79 Å². The van der Waals surface area contributed by atoms with Crippen LogP contribution in [0.25, 0.3) is 0 Å². The molecule has 5 rings (SSSR count). The Kier molecular flexibility index (Phi) is 2.62. The van der Waals surface area contributed by atoms with E-state index in [2.05, 4.69) is 10.2 Å². The first kappa shape index (κ1) is 12.6. The lowest BCUT2D eigenvalue weighted by Crippen LogP contribution is -2.49. The van der Waals surface area contributed by atoms with Crippen LogP contribution < -0.4 is 11.3 Å². The summed E-state index contributed by atoms with van der Waals surface area (Å²) in [5, 5.41) is 6.66. The van der Waals surface area contributed by atoms with Gasteiger partial charge >= 0.3 is 0 Å². The number of hydrogen-bond donors (Lipinski definition) is 2. The van der Waals surface area contributed by atoms with Crippen LogP contribution in [0.3, 0.4) is 0 Å². The molecule has 4 aliphatic rings. The molecule has 4 aliphatic carbocycles. The highest BCUT2D eigenvalue weighted by molar-refractivity contribution is 5.34. The van der Waals surface area contributed by atoms with Gasteiger partial charge in [0.1, 0.15) is 0 Å². The van der Waals surface area contributed by atoms with Crippen LogP contribution in [0.15, 0.2) is 11.0 Å². The number of hydrogen-bond acceptors (Lipinski definition) is 3. The molecule has 1 atom stereocenters. The molecule has 0 spiro atoms. The minimum absolute atomic E-state index is 0.0896. The minimum Gasteiger partial charge on any atom is -0.324 e. The number of nitrogens with zero attached hydrogens (tertiary/aromatic N) is 1. The molecule has 1 aromatic heterocycles. The van der Waals surface area contributed by atoms with Gasteiger partial charge in [-0.2, -0.15) is 5.10 Å². The van der Waals surface area contributed by atoms with Crippen LogP contribution in [0.1, 0.15) is 62.6 Å². The van der Waals surface area contributed by atoms with Gasteiger partial charge in [0.25, 0.3) is 5.56 Å².